The van der Waals surface area contributed by atoms with Gasteiger partial charge < -0.3 is 19.3 Å². The second kappa shape index (κ2) is 16.3. The molecule has 0 N–H and O–H groups in total. The number of carbonyl (C=O) groups excluding carboxylic acids is 2. The van der Waals surface area contributed by atoms with Gasteiger partial charge in [0.05, 0.1) is 0 Å². The van der Waals surface area contributed by atoms with Gasteiger partial charge in [0.1, 0.15) is 11.5 Å². The fourth-order valence-corrected chi connectivity index (χ4v) is 5.81. The highest BCUT2D eigenvalue weighted by Gasteiger charge is 2.28. The first-order valence-electron chi connectivity index (χ1n) is 16.8. The molecule has 0 aliphatic heterocycles. The predicted molar refractivity (Wildman–Crippen MR) is 202 cm³/mol. The van der Waals surface area contributed by atoms with Crippen molar-refractivity contribution in [2.45, 2.75) is 26.1 Å². The molecule has 2 unspecified atom stereocenters. The summed E-state index contributed by atoms with van der Waals surface area (Å²) in [5.74, 6) is 0.767. The SMILES string of the molecule is CC(Oc1ccc(-c2ccccc2)cc1)C(=O)N(CCN(C(=O)C(C)Oc1ccc(-c2ccccc2)cc1)c1ccccc1)c1ccccc1. The number of benzene rings is 6. The van der Waals surface area contributed by atoms with Gasteiger partial charge in [-0.25, -0.2) is 0 Å². The zero-order valence-electron chi connectivity index (χ0n) is 28.3. The van der Waals surface area contributed by atoms with Crippen LogP contribution in [0, 0.1) is 0 Å². The number of rotatable bonds is 13. The Balaban J connectivity index is 1.16. The van der Waals surface area contributed by atoms with Crippen LogP contribution in [0.1, 0.15) is 13.8 Å². The molecule has 0 bridgehead atoms. The molecule has 6 aromatic rings. The minimum Gasteiger partial charge on any atom is -0.481 e. The number of para-hydroxylation sites is 2. The summed E-state index contributed by atoms with van der Waals surface area (Å²) in [5.41, 5.74) is 5.78. The molecule has 0 aliphatic rings. The first-order valence-corrected chi connectivity index (χ1v) is 16.8. The molecule has 6 aromatic carbocycles. The Hall–Kier alpha value is -6.14. The maximum atomic E-state index is 14.0. The van der Waals surface area contributed by atoms with Gasteiger partial charge in [0.2, 0.25) is 0 Å². The molecule has 0 saturated carbocycles. The maximum absolute atomic E-state index is 14.0. The minimum atomic E-state index is -0.778. The maximum Gasteiger partial charge on any atom is 0.267 e. The predicted octanol–water partition coefficient (Wildman–Crippen LogP) is 9.32. The average Bonchev–Trinajstić information content (AvgIpc) is 3.18. The summed E-state index contributed by atoms with van der Waals surface area (Å²) in [6.45, 7) is 3.98. The van der Waals surface area contributed by atoms with Crippen molar-refractivity contribution < 1.29 is 19.1 Å². The number of hydrogen-bond donors (Lipinski definition) is 0. The number of carbonyl (C=O) groups is 2. The Labute approximate surface area is 294 Å². The fourth-order valence-electron chi connectivity index (χ4n) is 5.81. The van der Waals surface area contributed by atoms with Crippen molar-refractivity contribution in [3.8, 4) is 33.8 Å². The molecular weight excluding hydrogens is 620 g/mol. The third-order valence-electron chi connectivity index (χ3n) is 8.46. The zero-order valence-corrected chi connectivity index (χ0v) is 28.3. The van der Waals surface area contributed by atoms with E-state index in [1.807, 2.05) is 146 Å². The number of anilines is 2. The zero-order chi connectivity index (χ0) is 34.7. The third-order valence-corrected chi connectivity index (χ3v) is 8.46. The van der Waals surface area contributed by atoms with E-state index in [1.165, 1.54) is 0 Å². The Morgan fingerprint density at radius 2 is 0.700 bits per heavy atom. The third kappa shape index (κ3) is 8.47. The summed E-state index contributed by atoms with van der Waals surface area (Å²) < 4.78 is 12.3. The highest BCUT2D eigenvalue weighted by Crippen LogP contribution is 2.26. The molecular formula is C44H40N2O4. The van der Waals surface area contributed by atoms with Crippen LogP contribution in [-0.4, -0.2) is 37.1 Å². The molecule has 6 nitrogen and oxygen atoms in total. The standard InChI is InChI=1S/C44H40N2O4/c1-33(49-41-27-23-37(24-28-41)35-15-7-3-8-16-35)43(47)45(39-19-11-5-12-20-39)31-32-46(40-21-13-6-14-22-40)44(48)34(2)50-42-29-25-38(26-30-42)36-17-9-4-10-18-36/h3-30,33-34H,31-32H2,1-2H3. The van der Waals surface area contributed by atoms with E-state index in [9.17, 15) is 9.59 Å². The molecule has 0 radical (unpaired) electrons. The summed E-state index contributed by atoms with van der Waals surface area (Å²) in [6, 6.07) is 54.6. The molecule has 0 spiro atoms. The van der Waals surface area contributed by atoms with Crippen molar-refractivity contribution in [1.29, 1.82) is 0 Å². The van der Waals surface area contributed by atoms with E-state index >= 15 is 0 Å². The minimum absolute atomic E-state index is 0.216. The molecule has 0 saturated heterocycles. The van der Waals surface area contributed by atoms with Crippen molar-refractivity contribution >= 4 is 23.2 Å². The quantitative estimate of drug-likeness (QED) is 0.124. The van der Waals surface area contributed by atoms with Gasteiger partial charge in [-0.1, -0.05) is 121 Å². The van der Waals surface area contributed by atoms with Crippen LogP contribution in [-0.2, 0) is 9.59 Å². The van der Waals surface area contributed by atoms with Crippen molar-refractivity contribution in [3.63, 3.8) is 0 Å². The number of nitrogens with zero attached hydrogens (tertiary/aromatic N) is 2. The second-order valence-electron chi connectivity index (χ2n) is 12.0. The molecule has 0 aliphatic carbocycles. The van der Waals surface area contributed by atoms with E-state index in [4.69, 9.17) is 9.47 Å². The Morgan fingerprint density at radius 3 is 1.02 bits per heavy atom. The average molecular weight is 661 g/mol. The first-order chi connectivity index (χ1) is 24.5. The Bertz CT molecular complexity index is 1800. The normalized spacial score (nSPS) is 12.0. The molecule has 6 rings (SSSR count). The van der Waals surface area contributed by atoms with E-state index in [-0.39, 0.29) is 24.9 Å². The lowest BCUT2D eigenvalue weighted by atomic mass is 10.1. The lowest BCUT2D eigenvalue weighted by molar-refractivity contribution is -0.126. The van der Waals surface area contributed by atoms with Crippen molar-refractivity contribution in [3.05, 3.63) is 170 Å². The highest BCUT2D eigenvalue weighted by molar-refractivity contribution is 5.98. The van der Waals surface area contributed by atoms with Gasteiger partial charge in [-0.15, -0.1) is 0 Å². The lowest BCUT2D eigenvalue weighted by Crippen LogP contribution is -2.48. The van der Waals surface area contributed by atoms with Gasteiger partial charge >= 0.3 is 0 Å². The van der Waals surface area contributed by atoms with Crippen LogP contribution in [0.25, 0.3) is 22.3 Å². The number of amides is 2. The highest BCUT2D eigenvalue weighted by atomic mass is 16.5. The van der Waals surface area contributed by atoms with Gasteiger partial charge in [0, 0.05) is 24.5 Å². The molecule has 2 atom stereocenters. The summed E-state index contributed by atoms with van der Waals surface area (Å²) in [7, 11) is 0. The first kappa shape index (κ1) is 33.7. The van der Waals surface area contributed by atoms with E-state index in [1.54, 1.807) is 23.6 Å². The van der Waals surface area contributed by atoms with Crippen LogP contribution >= 0.6 is 0 Å². The smallest absolute Gasteiger partial charge is 0.267 e. The van der Waals surface area contributed by atoms with E-state index in [0.717, 1.165) is 33.6 Å². The molecule has 0 heterocycles. The van der Waals surface area contributed by atoms with Crippen LogP contribution in [0.15, 0.2) is 170 Å². The Morgan fingerprint density at radius 1 is 0.420 bits per heavy atom. The summed E-state index contributed by atoms with van der Waals surface area (Å²) in [5, 5.41) is 0. The lowest BCUT2D eigenvalue weighted by Gasteiger charge is -2.31. The van der Waals surface area contributed by atoms with E-state index < -0.39 is 12.2 Å². The largest absolute Gasteiger partial charge is 0.481 e. The molecule has 6 heteroatoms. The van der Waals surface area contributed by atoms with Crippen LogP contribution in [0.2, 0.25) is 0 Å². The van der Waals surface area contributed by atoms with Gasteiger partial charge in [-0.2, -0.15) is 0 Å². The monoisotopic (exact) mass is 660 g/mol. The van der Waals surface area contributed by atoms with Crippen LogP contribution in [0.3, 0.4) is 0 Å². The molecule has 0 fully saturated rings. The number of ether oxygens (including phenoxy) is 2. The van der Waals surface area contributed by atoms with E-state index in [2.05, 4.69) is 24.3 Å². The summed E-state index contributed by atoms with van der Waals surface area (Å²) in [4.78, 5) is 31.4. The molecule has 2 amide bonds. The van der Waals surface area contributed by atoms with Crippen LogP contribution in [0.5, 0.6) is 11.5 Å². The van der Waals surface area contributed by atoms with Gasteiger partial charge in [-0.05, 0) is 84.6 Å². The van der Waals surface area contributed by atoms with Crippen molar-refractivity contribution in [2.75, 3.05) is 22.9 Å². The Kier molecular flexibility index (Phi) is 11.0. The van der Waals surface area contributed by atoms with Crippen molar-refractivity contribution in [1.82, 2.24) is 0 Å². The topological polar surface area (TPSA) is 59.1 Å². The second-order valence-corrected chi connectivity index (χ2v) is 12.0. The van der Waals surface area contributed by atoms with Gasteiger partial charge in [-0.3, -0.25) is 9.59 Å². The summed E-state index contributed by atoms with van der Waals surface area (Å²) >= 11 is 0. The van der Waals surface area contributed by atoms with Crippen molar-refractivity contribution in [2.24, 2.45) is 0 Å². The fraction of sp³-hybridized carbons (Fsp3) is 0.136. The van der Waals surface area contributed by atoms with Gasteiger partial charge in [0.15, 0.2) is 12.2 Å². The van der Waals surface area contributed by atoms with E-state index in [0.29, 0.717) is 11.5 Å². The molecule has 250 valence electrons. The molecule has 50 heavy (non-hydrogen) atoms. The molecule has 0 aromatic heterocycles. The van der Waals surface area contributed by atoms with Crippen LogP contribution in [0.4, 0.5) is 11.4 Å². The summed E-state index contributed by atoms with van der Waals surface area (Å²) in [6.07, 6.45) is -1.56. The van der Waals surface area contributed by atoms with Gasteiger partial charge in [0.25, 0.3) is 11.8 Å². The van der Waals surface area contributed by atoms with Crippen LogP contribution < -0.4 is 19.3 Å². The number of hydrogen-bond acceptors (Lipinski definition) is 4.